The highest BCUT2D eigenvalue weighted by atomic mass is 79.9. The zero-order valence-electron chi connectivity index (χ0n) is 9.54. The van der Waals surface area contributed by atoms with Gasteiger partial charge in [0.1, 0.15) is 11.6 Å². The molecule has 3 N–H and O–H groups in total. The fourth-order valence-electron chi connectivity index (χ4n) is 1.50. The predicted molar refractivity (Wildman–Crippen MR) is 74.2 cm³/mol. The monoisotopic (exact) mass is 346 g/mol. The van der Waals surface area contributed by atoms with Gasteiger partial charge < -0.3 is 11.1 Å². The van der Waals surface area contributed by atoms with Gasteiger partial charge in [-0.25, -0.2) is 8.78 Å². The van der Waals surface area contributed by atoms with Crippen molar-refractivity contribution >= 4 is 38.9 Å². The summed E-state index contributed by atoms with van der Waals surface area (Å²) in [4.78, 5) is 12.0. The lowest BCUT2D eigenvalue weighted by Crippen LogP contribution is -2.14. The van der Waals surface area contributed by atoms with Gasteiger partial charge in [-0.1, -0.05) is 0 Å². The Hall–Kier alpha value is -1.47. The van der Waals surface area contributed by atoms with Crippen LogP contribution in [0.5, 0.6) is 0 Å². The van der Waals surface area contributed by atoms with Crippen molar-refractivity contribution in [3.05, 3.63) is 50.1 Å². The summed E-state index contributed by atoms with van der Waals surface area (Å²) in [7, 11) is 0. The lowest BCUT2D eigenvalue weighted by molar-refractivity contribution is 0.0996. The lowest BCUT2D eigenvalue weighted by atomic mass is 10.1. The van der Waals surface area contributed by atoms with Crippen molar-refractivity contribution in [1.82, 2.24) is 0 Å². The van der Waals surface area contributed by atoms with Crippen LogP contribution in [0.2, 0.25) is 0 Å². The minimum absolute atomic E-state index is 0.0414. The molecule has 7 heteroatoms. The van der Waals surface area contributed by atoms with Crippen molar-refractivity contribution in [3.63, 3.8) is 0 Å². The molecular weight excluding hydrogens is 338 g/mol. The minimum atomic E-state index is -0.964. The van der Waals surface area contributed by atoms with Crippen LogP contribution in [-0.4, -0.2) is 5.91 Å². The second kappa shape index (κ2) is 5.66. The molecule has 0 aliphatic heterocycles. The van der Waals surface area contributed by atoms with Gasteiger partial charge in [0, 0.05) is 17.5 Å². The van der Waals surface area contributed by atoms with E-state index >= 15 is 0 Å². The third kappa shape index (κ3) is 3.30. The highest BCUT2D eigenvalue weighted by Gasteiger charge is 2.13. The predicted octanol–water partition coefficient (Wildman–Crippen LogP) is 3.50. The molecule has 2 rings (SSSR count). The number of carbonyl (C=O) groups is 1. The van der Waals surface area contributed by atoms with Gasteiger partial charge in [0.2, 0.25) is 0 Å². The molecule has 2 aromatic rings. The van der Waals surface area contributed by atoms with E-state index in [1.165, 1.54) is 11.3 Å². The number of carbonyl (C=O) groups excluding carboxylic acids is 1. The van der Waals surface area contributed by atoms with Crippen LogP contribution in [0, 0.1) is 11.6 Å². The molecule has 0 saturated carbocycles. The molecule has 0 aliphatic rings. The summed E-state index contributed by atoms with van der Waals surface area (Å²) in [5.74, 6) is -2.66. The van der Waals surface area contributed by atoms with Crippen molar-refractivity contribution in [2.45, 2.75) is 6.54 Å². The Morgan fingerprint density at radius 3 is 2.63 bits per heavy atom. The molecule has 0 aliphatic carbocycles. The van der Waals surface area contributed by atoms with Crippen LogP contribution in [0.1, 0.15) is 15.2 Å². The molecule has 3 nitrogen and oxygen atoms in total. The molecule has 1 amide bonds. The minimum Gasteiger partial charge on any atom is -0.378 e. The molecule has 0 bridgehead atoms. The van der Waals surface area contributed by atoms with E-state index in [2.05, 4.69) is 21.2 Å². The van der Waals surface area contributed by atoms with Crippen LogP contribution >= 0.6 is 27.3 Å². The van der Waals surface area contributed by atoms with E-state index in [1.807, 2.05) is 12.1 Å². The number of primary amides is 1. The Morgan fingerprint density at radius 2 is 2.05 bits per heavy atom. The summed E-state index contributed by atoms with van der Waals surface area (Å²) < 4.78 is 27.8. The van der Waals surface area contributed by atoms with E-state index in [4.69, 9.17) is 5.73 Å². The first-order chi connectivity index (χ1) is 8.97. The first kappa shape index (κ1) is 14.0. The third-order valence-corrected chi connectivity index (χ3v) is 4.03. The van der Waals surface area contributed by atoms with Crippen LogP contribution in [0.15, 0.2) is 28.1 Å². The Balaban J connectivity index is 2.20. The maximum Gasteiger partial charge on any atom is 0.251 e. The highest BCUT2D eigenvalue weighted by Crippen LogP contribution is 2.24. The number of nitrogens with one attached hydrogen (secondary N) is 1. The molecule has 100 valence electrons. The topological polar surface area (TPSA) is 55.1 Å². The summed E-state index contributed by atoms with van der Waals surface area (Å²) in [6.07, 6.45) is 0. The number of benzene rings is 1. The van der Waals surface area contributed by atoms with Gasteiger partial charge in [0.25, 0.3) is 5.91 Å². The molecule has 19 heavy (non-hydrogen) atoms. The van der Waals surface area contributed by atoms with E-state index in [0.717, 1.165) is 14.7 Å². The van der Waals surface area contributed by atoms with Gasteiger partial charge in [-0.2, -0.15) is 0 Å². The first-order valence-electron chi connectivity index (χ1n) is 5.24. The Morgan fingerprint density at radius 1 is 1.32 bits per heavy atom. The quantitative estimate of drug-likeness (QED) is 0.890. The Kier molecular flexibility index (Phi) is 4.16. The number of nitrogens with two attached hydrogens (primary N) is 1. The van der Waals surface area contributed by atoms with E-state index < -0.39 is 17.5 Å². The van der Waals surface area contributed by atoms with E-state index in [0.29, 0.717) is 12.6 Å². The average molecular weight is 347 g/mol. The molecule has 0 spiro atoms. The fourth-order valence-corrected chi connectivity index (χ4v) is 2.93. The maximum atomic E-state index is 13.5. The van der Waals surface area contributed by atoms with E-state index in [9.17, 15) is 13.6 Å². The molecule has 0 saturated heterocycles. The summed E-state index contributed by atoms with van der Waals surface area (Å²) in [6, 6.07) is 5.47. The smallest absolute Gasteiger partial charge is 0.251 e. The van der Waals surface area contributed by atoms with Gasteiger partial charge >= 0.3 is 0 Å². The van der Waals surface area contributed by atoms with Gasteiger partial charge in [0.15, 0.2) is 0 Å². The second-order valence-electron chi connectivity index (χ2n) is 3.74. The summed E-state index contributed by atoms with van der Waals surface area (Å²) >= 11 is 4.81. The van der Waals surface area contributed by atoms with E-state index in [1.54, 1.807) is 0 Å². The molecule has 1 aromatic heterocycles. The van der Waals surface area contributed by atoms with Crippen molar-refractivity contribution < 1.29 is 13.6 Å². The summed E-state index contributed by atoms with van der Waals surface area (Å²) in [6.45, 7) is 0.372. The largest absolute Gasteiger partial charge is 0.378 e. The Labute approximate surface area is 120 Å². The Bertz CT molecular complexity index is 630. The van der Waals surface area contributed by atoms with Crippen LogP contribution < -0.4 is 11.1 Å². The van der Waals surface area contributed by atoms with Crippen molar-refractivity contribution in [3.8, 4) is 0 Å². The number of hydrogen-bond donors (Lipinski definition) is 2. The lowest BCUT2D eigenvalue weighted by Gasteiger charge is -2.08. The highest BCUT2D eigenvalue weighted by molar-refractivity contribution is 9.11. The number of hydrogen-bond acceptors (Lipinski definition) is 3. The standard InChI is InChI=1S/C12H9BrF2N2OS/c13-11-2-1-6(19-11)5-17-10-3-7(12(16)18)8(14)4-9(10)15/h1-4,17H,5H2,(H2,16,18). The van der Waals surface area contributed by atoms with Crippen LogP contribution in [0.25, 0.3) is 0 Å². The van der Waals surface area contributed by atoms with Crippen molar-refractivity contribution in [2.75, 3.05) is 5.32 Å². The van der Waals surface area contributed by atoms with Gasteiger partial charge in [-0.3, -0.25) is 4.79 Å². The zero-order valence-corrected chi connectivity index (χ0v) is 11.9. The second-order valence-corrected chi connectivity index (χ2v) is 6.28. The molecule has 0 atom stereocenters. The maximum absolute atomic E-state index is 13.5. The molecule has 0 fully saturated rings. The van der Waals surface area contributed by atoms with Crippen molar-refractivity contribution in [1.29, 1.82) is 0 Å². The van der Waals surface area contributed by atoms with Gasteiger partial charge in [-0.05, 0) is 34.1 Å². The fraction of sp³-hybridized carbons (Fsp3) is 0.0833. The molecule has 1 aromatic carbocycles. The third-order valence-electron chi connectivity index (χ3n) is 2.40. The number of halogens is 3. The number of anilines is 1. The zero-order chi connectivity index (χ0) is 14.0. The van der Waals surface area contributed by atoms with Gasteiger partial charge in [0.05, 0.1) is 15.0 Å². The van der Waals surface area contributed by atoms with Gasteiger partial charge in [-0.15, -0.1) is 11.3 Å². The normalized spacial score (nSPS) is 10.5. The summed E-state index contributed by atoms with van der Waals surface area (Å²) in [5, 5.41) is 2.81. The average Bonchev–Trinajstić information content (AvgIpc) is 2.73. The summed E-state index contributed by atoms with van der Waals surface area (Å²) in [5.41, 5.74) is 4.72. The first-order valence-corrected chi connectivity index (χ1v) is 6.85. The molecular formula is C12H9BrF2N2OS. The number of thiophene rings is 1. The molecule has 0 unspecified atom stereocenters. The molecule has 1 heterocycles. The van der Waals surface area contributed by atoms with E-state index in [-0.39, 0.29) is 11.3 Å². The van der Waals surface area contributed by atoms with Crippen LogP contribution in [0.3, 0.4) is 0 Å². The number of rotatable bonds is 4. The number of amides is 1. The van der Waals surface area contributed by atoms with Crippen molar-refractivity contribution in [2.24, 2.45) is 5.73 Å². The SMILES string of the molecule is NC(=O)c1cc(NCc2ccc(Br)s2)c(F)cc1F. The van der Waals surface area contributed by atoms with Crippen LogP contribution in [0.4, 0.5) is 14.5 Å². The molecule has 0 radical (unpaired) electrons. The van der Waals surface area contributed by atoms with Crippen LogP contribution in [-0.2, 0) is 6.54 Å².